The Bertz CT molecular complexity index is 435. The van der Waals surface area contributed by atoms with E-state index in [-0.39, 0.29) is 0 Å². The van der Waals surface area contributed by atoms with Gasteiger partial charge in [-0.25, -0.2) is 0 Å². The molecule has 0 unspecified atom stereocenters. The highest BCUT2D eigenvalue weighted by molar-refractivity contribution is 5.46. The predicted octanol–water partition coefficient (Wildman–Crippen LogP) is 3.41. The third kappa shape index (κ3) is 2.63. The maximum atomic E-state index is 4.77. The first-order valence-corrected chi connectivity index (χ1v) is 5.48. The fourth-order valence-corrected chi connectivity index (χ4v) is 1.53. The largest absolute Gasteiger partial charge is 0.381 e. The van der Waals surface area contributed by atoms with Crippen LogP contribution in [0.3, 0.4) is 0 Å². The molecule has 1 heterocycles. The number of hydrogen-bond donors (Lipinski definition) is 1. The zero-order valence-corrected chi connectivity index (χ0v) is 9.60. The van der Waals surface area contributed by atoms with Gasteiger partial charge in [0.25, 0.3) is 0 Å². The molecule has 0 amide bonds. The highest BCUT2D eigenvalue weighted by Crippen LogP contribution is 2.18. The summed E-state index contributed by atoms with van der Waals surface area (Å²) in [6.45, 7) is 5.13. The first kappa shape index (κ1) is 10.7. The zero-order chi connectivity index (χ0) is 11.4. The summed E-state index contributed by atoms with van der Waals surface area (Å²) in [5, 5.41) is 7.01. The topological polar surface area (TPSA) is 38.1 Å². The summed E-state index contributed by atoms with van der Waals surface area (Å²) in [6, 6.07) is 8.47. The molecule has 0 fully saturated rings. The first-order chi connectivity index (χ1) is 7.75. The lowest BCUT2D eigenvalue weighted by atomic mass is 10.0. The molecule has 2 rings (SSSR count). The Kier molecular flexibility index (Phi) is 3.25. The fourth-order valence-electron chi connectivity index (χ4n) is 1.53. The van der Waals surface area contributed by atoms with E-state index in [1.807, 2.05) is 0 Å². The van der Waals surface area contributed by atoms with Gasteiger partial charge in [-0.2, -0.15) is 0 Å². The number of aromatic nitrogens is 1. The van der Waals surface area contributed by atoms with Crippen LogP contribution in [-0.2, 0) is 6.54 Å². The van der Waals surface area contributed by atoms with Gasteiger partial charge in [-0.15, -0.1) is 0 Å². The van der Waals surface area contributed by atoms with E-state index in [0.717, 1.165) is 17.8 Å². The normalized spacial score (nSPS) is 10.7. The van der Waals surface area contributed by atoms with Crippen molar-refractivity contribution in [3.8, 4) is 0 Å². The maximum Gasteiger partial charge on any atom is 0.128 e. The number of nitrogens with zero attached hydrogens (tertiary/aromatic N) is 1. The number of rotatable bonds is 4. The van der Waals surface area contributed by atoms with Crippen LogP contribution in [-0.4, -0.2) is 5.16 Å². The fraction of sp³-hybridized carbons (Fsp3) is 0.308. The van der Waals surface area contributed by atoms with Crippen molar-refractivity contribution in [2.24, 2.45) is 0 Å². The van der Waals surface area contributed by atoms with E-state index < -0.39 is 0 Å². The Morgan fingerprint density at radius 1 is 1.38 bits per heavy atom. The molecule has 0 spiro atoms. The molecule has 0 aliphatic heterocycles. The van der Waals surface area contributed by atoms with Crippen molar-refractivity contribution in [3.05, 3.63) is 47.9 Å². The molecule has 3 heteroatoms. The number of hydrogen-bond acceptors (Lipinski definition) is 3. The molecule has 0 aliphatic carbocycles. The molecule has 0 aliphatic rings. The van der Waals surface area contributed by atoms with Gasteiger partial charge >= 0.3 is 0 Å². The van der Waals surface area contributed by atoms with Crippen LogP contribution in [0, 0.1) is 0 Å². The second-order valence-corrected chi connectivity index (χ2v) is 4.17. The monoisotopic (exact) mass is 216 g/mol. The lowest BCUT2D eigenvalue weighted by Crippen LogP contribution is -1.99. The van der Waals surface area contributed by atoms with Crippen LogP contribution in [0.1, 0.15) is 30.9 Å². The summed E-state index contributed by atoms with van der Waals surface area (Å²) in [6.07, 6.45) is 3.37. The average molecular weight is 216 g/mol. The van der Waals surface area contributed by atoms with E-state index >= 15 is 0 Å². The van der Waals surface area contributed by atoms with Gasteiger partial charge in [-0.1, -0.05) is 31.1 Å². The molecular formula is C13H16N2O. The predicted molar refractivity (Wildman–Crippen MR) is 64.4 cm³/mol. The Hall–Kier alpha value is -1.77. The quantitative estimate of drug-likeness (QED) is 0.851. The summed E-state index contributed by atoms with van der Waals surface area (Å²) < 4.78 is 4.77. The third-order valence-corrected chi connectivity index (χ3v) is 2.53. The standard InChI is InChI=1S/C13H16N2O/c1-10(2)12-4-3-5-13(6-12)14-7-11-8-15-16-9-11/h3-6,8-10,14H,7H2,1-2H3. The van der Waals surface area contributed by atoms with E-state index in [1.54, 1.807) is 12.5 Å². The van der Waals surface area contributed by atoms with Crippen molar-refractivity contribution in [3.63, 3.8) is 0 Å². The van der Waals surface area contributed by atoms with Crippen molar-refractivity contribution in [2.45, 2.75) is 26.3 Å². The van der Waals surface area contributed by atoms with Crippen LogP contribution >= 0.6 is 0 Å². The van der Waals surface area contributed by atoms with Gasteiger partial charge in [0.05, 0.1) is 6.20 Å². The van der Waals surface area contributed by atoms with E-state index in [0.29, 0.717) is 5.92 Å². The van der Waals surface area contributed by atoms with E-state index in [1.165, 1.54) is 5.56 Å². The average Bonchev–Trinajstić information content (AvgIpc) is 2.79. The minimum absolute atomic E-state index is 0.553. The molecule has 1 N–H and O–H groups in total. The van der Waals surface area contributed by atoms with Crippen LogP contribution in [0.5, 0.6) is 0 Å². The van der Waals surface area contributed by atoms with Gasteiger partial charge in [0.15, 0.2) is 0 Å². The molecule has 84 valence electrons. The molecule has 1 aromatic carbocycles. The summed E-state index contributed by atoms with van der Waals surface area (Å²) in [5.74, 6) is 0.553. The molecule has 16 heavy (non-hydrogen) atoms. The van der Waals surface area contributed by atoms with E-state index in [2.05, 4.69) is 48.6 Å². The number of benzene rings is 1. The second-order valence-electron chi connectivity index (χ2n) is 4.17. The molecular weight excluding hydrogens is 200 g/mol. The van der Waals surface area contributed by atoms with E-state index in [4.69, 9.17) is 4.52 Å². The minimum Gasteiger partial charge on any atom is -0.381 e. The smallest absolute Gasteiger partial charge is 0.128 e. The maximum absolute atomic E-state index is 4.77. The third-order valence-electron chi connectivity index (χ3n) is 2.53. The van der Waals surface area contributed by atoms with Crippen LogP contribution in [0.2, 0.25) is 0 Å². The van der Waals surface area contributed by atoms with Gasteiger partial charge in [-0.05, 0) is 23.6 Å². The van der Waals surface area contributed by atoms with Crippen LogP contribution in [0.4, 0.5) is 5.69 Å². The molecule has 0 radical (unpaired) electrons. The lowest BCUT2D eigenvalue weighted by Gasteiger charge is -2.09. The SMILES string of the molecule is CC(C)c1cccc(NCc2cnoc2)c1. The summed E-state index contributed by atoms with van der Waals surface area (Å²) in [7, 11) is 0. The van der Waals surface area contributed by atoms with Gasteiger partial charge in [0.2, 0.25) is 0 Å². The van der Waals surface area contributed by atoms with Gasteiger partial charge in [0.1, 0.15) is 6.26 Å². The van der Waals surface area contributed by atoms with Crippen LogP contribution in [0.25, 0.3) is 0 Å². The van der Waals surface area contributed by atoms with Crippen molar-refractivity contribution < 1.29 is 4.52 Å². The van der Waals surface area contributed by atoms with Crippen molar-refractivity contribution >= 4 is 5.69 Å². The number of nitrogens with one attached hydrogen (secondary N) is 1. The van der Waals surface area contributed by atoms with Crippen molar-refractivity contribution in [1.29, 1.82) is 0 Å². The molecule has 0 atom stereocenters. The Labute approximate surface area is 95.5 Å². The van der Waals surface area contributed by atoms with Crippen molar-refractivity contribution in [2.75, 3.05) is 5.32 Å². The molecule has 3 nitrogen and oxygen atoms in total. The van der Waals surface area contributed by atoms with Crippen LogP contribution < -0.4 is 5.32 Å². The molecule has 0 saturated carbocycles. The van der Waals surface area contributed by atoms with Gasteiger partial charge in [0, 0.05) is 17.8 Å². The Morgan fingerprint density at radius 2 is 2.25 bits per heavy atom. The van der Waals surface area contributed by atoms with E-state index in [9.17, 15) is 0 Å². The highest BCUT2D eigenvalue weighted by atomic mass is 16.5. The van der Waals surface area contributed by atoms with Gasteiger partial charge < -0.3 is 9.84 Å². The van der Waals surface area contributed by atoms with Crippen molar-refractivity contribution in [1.82, 2.24) is 5.16 Å². The summed E-state index contributed by atoms with van der Waals surface area (Å²) >= 11 is 0. The molecule has 0 saturated heterocycles. The second kappa shape index (κ2) is 4.84. The van der Waals surface area contributed by atoms with Crippen LogP contribution in [0.15, 0.2) is 41.2 Å². The van der Waals surface area contributed by atoms with Gasteiger partial charge in [-0.3, -0.25) is 0 Å². The first-order valence-electron chi connectivity index (χ1n) is 5.48. The lowest BCUT2D eigenvalue weighted by molar-refractivity contribution is 0.419. The summed E-state index contributed by atoms with van der Waals surface area (Å²) in [4.78, 5) is 0. The molecule has 0 bridgehead atoms. The minimum atomic E-state index is 0.553. The summed E-state index contributed by atoms with van der Waals surface area (Å²) in [5.41, 5.74) is 3.53. The molecule has 1 aromatic heterocycles. The Balaban J connectivity index is 2.01. The zero-order valence-electron chi connectivity index (χ0n) is 9.60. The number of anilines is 1. The Morgan fingerprint density at radius 3 is 2.94 bits per heavy atom. The highest BCUT2D eigenvalue weighted by Gasteiger charge is 2.00. The molecule has 2 aromatic rings.